The second kappa shape index (κ2) is 6.21. The molecule has 1 aromatic rings. The second-order valence-electron chi connectivity index (χ2n) is 4.66. The molecule has 0 aliphatic carbocycles. The Balaban J connectivity index is 2.72. The number of aryl methyl sites for hydroxylation is 2. The van der Waals surface area contributed by atoms with Crippen LogP contribution in [0.1, 0.15) is 26.0 Å². The average molecular weight is 268 g/mol. The molecule has 1 rings (SSSR count). The molecule has 0 spiro atoms. The molecule has 0 atom stereocenters. The zero-order valence-corrected chi connectivity index (χ0v) is 11.7. The molecule has 7 nitrogen and oxygen atoms in total. The molecule has 0 radical (unpaired) electrons. The molecule has 0 aliphatic rings. The third-order valence-electron chi connectivity index (χ3n) is 2.71. The van der Waals surface area contributed by atoms with Crippen LogP contribution in [-0.2, 0) is 11.8 Å². The van der Waals surface area contributed by atoms with Crippen molar-refractivity contribution < 1.29 is 14.7 Å². The normalized spacial score (nSPS) is 10.6. The van der Waals surface area contributed by atoms with Gasteiger partial charge in [0.05, 0.1) is 17.8 Å². The molecule has 19 heavy (non-hydrogen) atoms. The summed E-state index contributed by atoms with van der Waals surface area (Å²) in [7, 11) is 1.77. The summed E-state index contributed by atoms with van der Waals surface area (Å²) in [6.45, 7) is 5.67. The van der Waals surface area contributed by atoms with E-state index in [-0.39, 0.29) is 25.0 Å². The number of rotatable bonds is 5. The average Bonchev–Trinajstić information content (AvgIpc) is 2.56. The quantitative estimate of drug-likeness (QED) is 0.846. The minimum absolute atomic E-state index is 0.0718. The Morgan fingerprint density at radius 2 is 2.16 bits per heavy atom. The minimum atomic E-state index is -0.920. The molecule has 0 aromatic carbocycles. The van der Waals surface area contributed by atoms with Crippen molar-refractivity contribution in [2.45, 2.75) is 33.2 Å². The van der Waals surface area contributed by atoms with Gasteiger partial charge in [0.2, 0.25) is 0 Å². The first-order valence-corrected chi connectivity index (χ1v) is 6.11. The van der Waals surface area contributed by atoms with Gasteiger partial charge in [-0.05, 0) is 20.8 Å². The van der Waals surface area contributed by atoms with Crippen molar-refractivity contribution in [3.05, 3.63) is 11.9 Å². The lowest BCUT2D eigenvalue weighted by Crippen LogP contribution is -2.41. The molecule has 0 unspecified atom stereocenters. The number of hydrogen-bond acceptors (Lipinski definition) is 3. The van der Waals surface area contributed by atoms with Gasteiger partial charge in [0.15, 0.2) is 0 Å². The third kappa shape index (κ3) is 4.27. The Kier molecular flexibility index (Phi) is 4.91. The number of carbonyl (C=O) groups excluding carboxylic acids is 1. The molecule has 0 saturated heterocycles. The number of anilines is 1. The lowest BCUT2D eigenvalue weighted by molar-refractivity contribution is -0.137. The van der Waals surface area contributed by atoms with Crippen LogP contribution in [0.3, 0.4) is 0 Å². The predicted octanol–water partition coefficient (Wildman–Crippen LogP) is 1.45. The van der Waals surface area contributed by atoms with E-state index in [1.165, 1.54) is 4.90 Å². The first-order chi connectivity index (χ1) is 8.81. The smallest absolute Gasteiger partial charge is 0.322 e. The highest BCUT2D eigenvalue weighted by Crippen LogP contribution is 2.13. The summed E-state index contributed by atoms with van der Waals surface area (Å²) >= 11 is 0. The molecule has 7 heteroatoms. The standard InChI is InChI=1S/C12H20N4O3/c1-8(2)16(6-5-11(17)18)12(19)13-10-7-15(4)14-9(10)3/h7-8H,5-6H2,1-4H3,(H,13,19)(H,17,18). The lowest BCUT2D eigenvalue weighted by atomic mass is 10.3. The van der Waals surface area contributed by atoms with E-state index in [1.54, 1.807) is 24.9 Å². The Hall–Kier alpha value is -2.05. The number of aliphatic carboxylic acids is 1. The molecule has 106 valence electrons. The Labute approximate surface area is 112 Å². The van der Waals surface area contributed by atoms with Crippen LogP contribution in [0.4, 0.5) is 10.5 Å². The number of aromatic nitrogens is 2. The van der Waals surface area contributed by atoms with E-state index in [0.717, 1.165) is 5.69 Å². The highest BCUT2D eigenvalue weighted by atomic mass is 16.4. The number of carboxylic acid groups (broad SMARTS) is 1. The van der Waals surface area contributed by atoms with Crippen LogP contribution < -0.4 is 5.32 Å². The minimum Gasteiger partial charge on any atom is -0.481 e. The molecule has 2 N–H and O–H groups in total. The summed E-state index contributed by atoms with van der Waals surface area (Å²) in [5.41, 5.74) is 1.35. The number of carboxylic acids is 1. The zero-order chi connectivity index (χ0) is 14.6. The van der Waals surface area contributed by atoms with Gasteiger partial charge in [0.1, 0.15) is 0 Å². The Morgan fingerprint density at radius 1 is 1.53 bits per heavy atom. The molecular formula is C12H20N4O3. The van der Waals surface area contributed by atoms with Gasteiger partial charge in [-0.15, -0.1) is 0 Å². The van der Waals surface area contributed by atoms with Gasteiger partial charge in [-0.2, -0.15) is 5.10 Å². The molecule has 2 amide bonds. The van der Waals surface area contributed by atoms with E-state index in [1.807, 2.05) is 13.8 Å². The van der Waals surface area contributed by atoms with Gasteiger partial charge in [-0.1, -0.05) is 0 Å². The van der Waals surface area contributed by atoms with Crippen LogP contribution in [0.25, 0.3) is 0 Å². The molecule has 0 bridgehead atoms. The summed E-state index contributed by atoms with van der Waals surface area (Å²) < 4.78 is 1.61. The molecule has 1 heterocycles. The number of hydrogen-bond donors (Lipinski definition) is 2. The molecule has 0 saturated carbocycles. The second-order valence-corrected chi connectivity index (χ2v) is 4.66. The van der Waals surface area contributed by atoms with E-state index in [2.05, 4.69) is 10.4 Å². The van der Waals surface area contributed by atoms with Crippen molar-refractivity contribution in [3.63, 3.8) is 0 Å². The van der Waals surface area contributed by atoms with Gasteiger partial charge < -0.3 is 15.3 Å². The molecular weight excluding hydrogens is 248 g/mol. The summed E-state index contributed by atoms with van der Waals surface area (Å²) in [6.07, 6.45) is 1.64. The van der Waals surface area contributed by atoms with E-state index in [0.29, 0.717) is 5.69 Å². The van der Waals surface area contributed by atoms with Crippen LogP contribution >= 0.6 is 0 Å². The largest absolute Gasteiger partial charge is 0.481 e. The summed E-state index contributed by atoms with van der Waals surface area (Å²) in [5.74, 6) is -0.920. The monoisotopic (exact) mass is 268 g/mol. The highest BCUT2D eigenvalue weighted by Gasteiger charge is 2.19. The molecule has 1 aromatic heterocycles. The van der Waals surface area contributed by atoms with Gasteiger partial charge in [-0.25, -0.2) is 4.79 Å². The van der Waals surface area contributed by atoms with E-state index in [9.17, 15) is 9.59 Å². The molecule has 0 aliphatic heterocycles. The van der Waals surface area contributed by atoms with Crippen LogP contribution in [-0.4, -0.2) is 44.4 Å². The fourth-order valence-corrected chi connectivity index (χ4v) is 1.72. The maximum atomic E-state index is 12.1. The van der Waals surface area contributed by atoms with Gasteiger partial charge in [0, 0.05) is 25.8 Å². The fourth-order valence-electron chi connectivity index (χ4n) is 1.72. The Bertz CT molecular complexity index is 468. The van der Waals surface area contributed by atoms with Crippen molar-refractivity contribution >= 4 is 17.7 Å². The van der Waals surface area contributed by atoms with E-state index in [4.69, 9.17) is 5.11 Å². The van der Waals surface area contributed by atoms with Crippen molar-refractivity contribution in [2.24, 2.45) is 7.05 Å². The van der Waals surface area contributed by atoms with E-state index >= 15 is 0 Å². The van der Waals surface area contributed by atoms with Crippen LogP contribution in [0.5, 0.6) is 0 Å². The predicted molar refractivity (Wildman–Crippen MR) is 71.1 cm³/mol. The first-order valence-electron chi connectivity index (χ1n) is 6.11. The number of nitrogens with one attached hydrogen (secondary N) is 1. The first kappa shape index (κ1) is 15.0. The lowest BCUT2D eigenvalue weighted by Gasteiger charge is -2.26. The van der Waals surface area contributed by atoms with Crippen molar-refractivity contribution in [3.8, 4) is 0 Å². The number of amides is 2. The number of nitrogens with zero attached hydrogens (tertiary/aromatic N) is 3. The third-order valence-corrected chi connectivity index (χ3v) is 2.71. The zero-order valence-electron chi connectivity index (χ0n) is 11.7. The van der Waals surface area contributed by atoms with Crippen LogP contribution in [0.15, 0.2) is 6.20 Å². The number of urea groups is 1. The maximum Gasteiger partial charge on any atom is 0.322 e. The van der Waals surface area contributed by atoms with Gasteiger partial charge in [-0.3, -0.25) is 9.48 Å². The number of carbonyl (C=O) groups is 2. The van der Waals surface area contributed by atoms with Gasteiger partial charge in [0.25, 0.3) is 0 Å². The SMILES string of the molecule is Cc1nn(C)cc1NC(=O)N(CCC(=O)O)C(C)C. The van der Waals surface area contributed by atoms with Crippen LogP contribution in [0.2, 0.25) is 0 Å². The Morgan fingerprint density at radius 3 is 2.58 bits per heavy atom. The fraction of sp³-hybridized carbons (Fsp3) is 0.583. The van der Waals surface area contributed by atoms with Crippen molar-refractivity contribution in [1.82, 2.24) is 14.7 Å². The maximum absolute atomic E-state index is 12.1. The molecule has 0 fully saturated rings. The van der Waals surface area contributed by atoms with Crippen molar-refractivity contribution in [1.29, 1.82) is 0 Å². The van der Waals surface area contributed by atoms with E-state index < -0.39 is 5.97 Å². The summed E-state index contributed by atoms with van der Waals surface area (Å²) in [4.78, 5) is 24.2. The summed E-state index contributed by atoms with van der Waals surface area (Å²) in [6, 6.07) is -0.385. The van der Waals surface area contributed by atoms with Gasteiger partial charge >= 0.3 is 12.0 Å². The van der Waals surface area contributed by atoms with Crippen LogP contribution in [0, 0.1) is 6.92 Å². The topological polar surface area (TPSA) is 87.5 Å². The van der Waals surface area contributed by atoms with Crippen molar-refractivity contribution in [2.75, 3.05) is 11.9 Å². The highest BCUT2D eigenvalue weighted by molar-refractivity contribution is 5.90. The summed E-state index contributed by atoms with van der Waals surface area (Å²) in [5, 5.41) is 15.6.